The van der Waals surface area contributed by atoms with E-state index in [-0.39, 0.29) is 37.4 Å². The van der Waals surface area contributed by atoms with Crippen molar-refractivity contribution >= 4 is 39.4 Å². The lowest BCUT2D eigenvalue weighted by Crippen LogP contribution is -2.40. The van der Waals surface area contributed by atoms with Gasteiger partial charge in [0.25, 0.3) is 5.56 Å². The quantitative estimate of drug-likeness (QED) is 0.0937. The van der Waals surface area contributed by atoms with Gasteiger partial charge >= 0.3 is 18.1 Å². The molecule has 5 rings (SSSR count). The van der Waals surface area contributed by atoms with E-state index in [1.165, 1.54) is 35.6 Å². The van der Waals surface area contributed by atoms with Crippen LogP contribution < -0.4 is 5.56 Å². The van der Waals surface area contributed by atoms with Crippen LogP contribution in [0.15, 0.2) is 83.0 Å². The fraction of sp³-hybridized carbons (Fsp3) is 0.325. The number of rotatable bonds is 16. The molecule has 0 saturated heterocycles. The maximum atomic E-state index is 14.4. The number of hydrogen-bond acceptors (Lipinski definition) is 9. The molecule has 2 heterocycles. The molecule has 4 N–H and O–H groups in total. The second-order valence-corrected chi connectivity index (χ2v) is 13.9. The summed E-state index contributed by atoms with van der Waals surface area (Å²) in [6, 6.07) is 18.0. The Balaban J connectivity index is 0.000000657. The lowest BCUT2D eigenvalue weighted by molar-refractivity contribution is -0.165. The van der Waals surface area contributed by atoms with Crippen molar-refractivity contribution in [3.8, 4) is 11.1 Å². The number of alkyl halides is 3. The van der Waals surface area contributed by atoms with Crippen LogP contribution in [0.4, 0.5) is 22.0 Å². The number of nitrogens with zero attached hydrogens (tertiary/aromatic N) is 4. The van der Waals surface area contributed by atoms with Crippen LogP contribution in [0, 0.1) is 11.6 Å². The Morgan fingerprint density at radius 1 is 0.828 bits per heavy atom. The highest BCUT2D eigenvalue weighted by molar-refractivity contribution is 7.17. The maximum Gasteiger partial charge on any atom is 0.416 e. The van der Waals surface area contributed by atoms with Crippen LogP contribution in [0.5, 0.6) is 0 Å². The van der Waals surface area contributed by atoms with Crippen molar-refractivity contribution in [1.82, 2.24) is 19.4 Å². The summed E-state index contributed by atoms with van der Waals surface area (Å²) in [6.45, 7) is 6.91. The number of aliphatic hydroxyl groups is 2. The number of carbonyl (C=O) groups excluding carboxylic acids is 1. The molecular formula is C40H41F5N4O8S. The second-order valence-electron chi connectivity index (χ2n) is 12.9. The topological polar surface area (TPSA) is 174 Å². The number of carboxylic acid groups (broad SMARTS) is 2. The van der Waals surface area contributed by atoms with E-state index in [2.05, 4.69) is 9.88 Å². The first kappa shape index (κ1) is 45.1. The number of halogens is 5. The van der Waals surface area contributed by atoms with Gasteiger partial charge in [-0.2, -0.15) is 18.2 Å². The molecule has 0 aliphatic carbocycles. The zero-order valence-corrected chi connectivity index (χ0v) is 32.1. The maximum absolute atomic E-state index is 14.4. The van der Waals surface area contributed by atoms with E-state index in [9.17, 15) is 41.1 Å². The number of likely N-dealkylation sites (N-methyl/N-ethyl adjacent to an activating group) is 1. The van der Waals surface area contributed by atoms with Crippen LogP contribution >= 0.6 is 11.3 Å². The number of benzene rings is 3. The van der Waals surface area contributed by atoms with Crippen molar-refractivity contribution in [3.05, 3.63) is 123 Å². The predicted molar refractivity (Wildman–Crippen MR) is 205 cm³/mol. The van der Waals surface area contributed by atoms with Gasteiger partial charge in [-0.05, 0) is 71.4 Å². The first-order chi connectivity index (χ1) is 27.4. The minimum atomic E-state index is -4.41. The molecule has 0 radical (unpaired) electrons. The Labute approximate surface area is 333 Å². The van der Waals surface area contributed by atoms with Gasteiger partial charge in [-0.15, -0.1) is 11.3 Å². The van der Waals surface area contributed by atoms with Gasteiger partial charge in [-0.1, -0.05) is 62.4 Å². The summed E-state index contributed by atoms with van der Waals surface area (Å²) in [6.07, 6.45) is -8.75. The number of aromatic nitrogens is 2. The van der Waals surface area contributed by atoms with E-state index < -0.39 is 53.1 Å². The molecule has 3 aromatic carbocycles. The first-order valence-electron chi connectivity index (χ1n) is 17.9. The normalized spacial score (nSPS) is 12.5. The summed E-state index contributed by atoms with van der Waals surface area (Å²) in [5.74, 6) is -5.37. The standard InChI is InChI=1S/C36H35F5N4O2S.C4H6O6/c1-3-43(4-2)19-20-44(22-24-8-10-25(11-9-24)26-12-15-28(16-13-26)36(39,40)41)32(46)23-45-30-18-21-48-34(30)35(47)42-31(45)17-14-27-6-5-7-29(37)33(27)38;5-1(3(7)8)2(6)4(9)10/h5-13,15-16,18,21H,3-4,14,17,19-20,22-23H2,1-2H3;1-2,5-6H,(H,7,8)(H,9,10)/t;1-,2-/m.1/s1. The smallest absolute Gasteiger partial charge is 0.416 e. The highest BCUT2D eigenvalue weighted by Crippen LogP contribution is 2.31. The molecular weight excluding hydrogens is 792 g/mol. The Hall–Kier alpha value is -5.56. The number of aryl methyl sites for hydroxylation is 2. The fourth-order valence-electron chi connectivity index (χ4n) is 5.87. The van der Waals surface area contributed by atoms with Gasteiger partial charge in [-0.25, -0.2) is 18.4 Å². The highest BCUT2D eigenvalue weighted by atomic mass is 32.1. The summed E-state index contributed by atoms with van der Waals surface area (Å²) >= 11 is 1.22. The van der Waals surface area contributed by atoms with Gasteiger partial charge < -0.3 is 34.8 Å². The number of aliphatic carboxylic acids is 2. The summed E-state index contributed by atoms with van der Waals surface area (Å²) in [5.41, 5.74) is 1.75. The van der Waals surface area contributed by atoms with Crippen molar-refractivity contribution in [3.63, 3.8) is 0 Å². The number of carbonyl (C=O) groups is 3. The average molecular weight is 833 g/mol. The van der Waals surface area contributed by atoms with Crippen LogP contribution in [0.2, 0.25) is 0 Å². The van der Waals surface area contributed by atoms with Gasteiger partial charge in [0.1, 0.15) is 17.1 Å². The van der Waals surface area contributed by atoms with Crippen LogP contribution in [-0.2, 0) is 46.5 Å². The third-order valence-corrected chi connectivity index (χ3v) is 10.1. The number of fused-ring (bicyclic) bond motifs is 1. The van der Waals surface area contributed by atoms with Crippen LogP contribution in [0.3, 0.4) is 0 Å². The van der Waals surface area contributed by atoms with Crippen molar-refractivity contribution in [2.24, 2.45) is 0 Å². The van der Waals surface area contributed by atoms with E-state index in [1.54, 1.807) is 20.9 Å². The Morgan fingerprint density at radius 3 is 1.97 bits per heavy atom. The molecule has 0 bridgehead atoms. The molecule has 12 nitrogen and oxygen atoms in total. The summed E-state index contributed by atoms with van der Waals surface area (Å²) in [5, 5.41) is 34.3. The molecule has 18 heteroatoms. The number of amides is 1. The monoisotopic (exact) mass is 832 g/mol. The summed E-state index contributed by atoms with van der Waals surface area (Å²) in [4.78, 5) is 54.6. The molecule has 310 valence electrons. The van der Waals surface area contributed by atoms with Crippen molar-refractivity contribution < 1.29 is 56.8 Å². The van der Waals surface area contributed by atoms with Gasteiger partial charge in [0.15, 0.2) is 23.8 Å². The van der Waals surface area contributed by atoms with Crippen molar-refractivity contribution in [2.75, 3.05) is 26.2 Å². The SMILES string of the molecule is CCN(CC)CCN(Cc1ccc(-c2ccc(C(F)(F)F)cc2)cc1)C(=O)Cn1c(CCc2cccc(F)c2F)nc(=O)c2sccc21.O=C(O)[C@H](O)[C@@H](O)C(=O)O. The van der Waals surface area contributed by atoms with Gasteiger partial charge in [0, 0.05) is 26.1 Å². The molecule has 0 aliphatic heterocycles. The minimum Gasteiger partial charge on any atom is -0.479 e. The molecule has 5 aromatic rings. The number of hydrogen-bond donors (Lipinski definition) is 4. The molecule has 0 fully saturated rings. The molecule has 2 aromatic heterocycles. The minimum absolute atomic E-state index is 0.0802. The molecule has 0 aliphatic rings. The lowest BCUT2D eigenvalue weighted by atomic mass is 10.0. The van der Waals surface area contributed by atoms with E-state index in [0.717, 1.165) is 42.4 Å². The third kappa shape index (κ3) is 11.7. The van der Waals surface area contributed by atoms with E-state index in [4.69, 9.17) is 20.4 Å². The van der Waals surface area contributed by atoms with E-state index in [1.807, 2.05) is 38.1 Å². The molecule has 0 spiro atoms. The van der Waals surface area contributed by atoms with Crippen LogP contribution in [0.1, 0.15) is 36.4 Å². The predicted octanol–water partition coefficient (Wildman–Crippen LogP) is 5.46. The Kier molecular flexibility index (Phi) is 15.7. The van der Waals surface area contributed by atoms with E-state index in [0.29, 0.717) is 34.7 Å². The van der Waals surface area contributed by atoms with Gasteiger partial charge in [-0.3, -0.25) is 9.59 Å². The second kappa shape index (κ2) is 20.2. The largest absolute Gasteiger partial charge is 0.479 e. The van der Waals surface area contributed by atoms with E-state index >= 15 is 0 Å². The van der Waals surface area contributed by atoms with Crippen LogP contribution in [0.25, 0.3) is 21.3 Å². The van der Waals surface area contributed by atoms with Gasteiger partial charge in [0.05, 0.1) is 11.1 Å². The highest BCUT2D eigenvalue weighted by Gasteiger charge is 2.30. The van der Waals surface area contributed by atoms with Crippen molar-refractivity contribution in [1.29, 1.82) is 0 Å². The summed E-state index contributed by atoms with van der Waals surface area (Å²) < 4.78 is 69.4. The molecule has 2 atom stereocenters. The molecule has 0 saturated carbocycles. The number of carboxylic acids is 2. The zero-order chi connectivity index (χ0) is 42.7. The first-order valence-corrected chi connectivity index (χ1v) is 18.8. The average Bonchev–Trinajstić information content (AvgIpc) is 3.70. The fourth-order valence-corrected chi connectivity index (χ4v) is 6.65. The zero-order valence-electron chi connectivity index (χ0n) is 31.3. The number of thiophene rings is 1. The summed E-state index contributed by atoms with van der Waals surface area (Å²) in [7, 11) is 0. The number of aliphatic hydroxyl groups excluding tert-OH is 2. The third-order valence-electron chi connectivity index (χ3n) is 9.23. The van der Waals surface area contributed by atoms with Crippen LogP contribution in [-0.4, -0.2) is 96.0 Å². The Morgan fingerprint density at radius 2 is 1.41 bits per heavy atom. The molecule has 1 amide bonds. The van der Waals surface area contributed by atoms with Crippen molar-refractivity contribution in [2.45, 2.75) is 58.2 Å². The molecule has 0 unspecified atom stereocenters. The lowest BCUT2D eigenvalue weighted by Gasteiger charge is -2.27. The Bertz CT molecular complexity index is 2230. The van der Waals surface area contributed by atoms with Gasteiger partial charge in [0.2, 0.25) is 5.91 Å². The molecule has 58 heavy (non-hydrogen) atoms.